The van der Waals surface area contributed by atoms with E-state index in [9.17, 15) is 0 Å². The van der Waals surface area contributed by atoms with E-state index in [2.05, 4.69) is 30.4 Å². The Morgan fingerprint density at radius 3 is 2.88 bits per heavy atom. The Morgan fingerprint density at radius 1 is 1.31 bits per heavy atom. The molecule has 0 saturated heterocycles. The Labute approximate surface area is 97.0 Å². The van der Waals surface area contributed by atoms with Crippen LogP contribution in [0.15, 0.2) is 24.3 Å². The number of fused-ring (bicyclic) bond motifs is 1. The molecule has 1 N–H and O–H groups in total. The lowest BCUT2D eigenvalue weighted by Gasteiger charge is -2.11. The lowest BCUT2D eigenvalue weighted by molar-refractivity contribution is 0.227. The Kier molecular flexibility index (Phi) is 2.60. The van der Waals surface area contributed by atoms with Crippen LogP contribution >= 0.6 is 0 Å². The fourth-order valence-corrected chi connectivity index (χ4v) is 2.48. The first kappa shape index (κ1) is 10.2. The molecule has 2 aliphatic rings. The summed E-state index contributed by atoms with van der Waals surface area (Å²) in [6, 6.07) is 8.36. The molecule has 2 heteroatoms. The predicted molar refractivity (Wildman–Crippen MR) is 64.7 cm³/mol. The van der Waals surface area contributed by atoms with Crippen molar-refractivity contribution in [1.29, 1.82) is 0 Å². The lowest BCUT2D eigenvalue weighted by Crippen LogP contribution is -2.31. The van der Waals surface area contributed by atoms with Crippen molar-refractivity contribution in [2.75, 3.05) is 13.1 Å². The van der Waals surface area contributed by atoms with Gasteiger partial charge in [0, 0.05) is 13.0 Å². The highest BCUT2D eigenvalue weighted by Crippen LogP contribution is 2.36. The van der Waals surface area contributed by atoms with E-state index < -0.39 is 0 Å². The molecule has 3 atom stereocenters. The maximum Gasteiger partial charge on any atom is 0.123 e. The standard InChI is InChI=1S/C14H19NO/c1-10-6-12(10)8-15-9-13-7-11-4-2-3-5-14(11)16-13/h2-5,10,12-13,15H,6-9H2,1H3. The SMILES string of the molecule is CC1CC1CNCC1Cc2ccccc2O1. The molecule has 3 unspecified atom stereocenters. The summed E-state index contributed by atoms with van der Waals surface area (Å²) in [6.45, 7) is 4.48. The van der Waals surface area contributed by atoms with Crippen LogP contribution in [0.4, 0.5) is 0 Å². The van der Waals surface area contributed by atoms with E-state index >= 15 is 0 Å². The molecule has 0 aromatic heterocycles. The minimum absolute atomic E-state index is 0.339. The molecule has 0 amide bonds. The van der Waals surface area contributed by atoms with Crippen LogP contribution in [0, 0.1) is 11.8 Å². The summed E-state index contributed by atoms with van der Waals surface area (Å²) in [5.74, 6) is 2.94. The van der Waals surface area contributed by atoms with Crippen molar-refractivity contribution in [2.45, 2.75) is 25.9 Å². The van der Waals surface area contributed by atoms with Crippen molar-refractivity contribution in [1.82, 2.24) is 5.32 Å². The average Bonchev–Trinajstić information content (AvgIpc) is 2.84. The van der Waals surface area contributed by atoms with E-state index in [1.165, 1.54) is 12.0 Å². The van der Waals surface area contributed by atoms with Crippen molar-refractivity contribution in [2.24, 2.45) is 11.8 Å². The first-order chi connectivity index (χ1) is 7.83. The quantitative estimate of drug-likeness (QED) is 0.835. The van der Waals surface area contributed by atoms with E-state index in [4.69, 9.17) is 4.74 Å². The minimum Gasteiger partial charge on any atom is -0.488 e. The summed E-state index contributed by atoms with van der Waals surface area (Å²) in [4.78, 5) is 0. The van der Waals surface area contributed by atoms with E-state index in [0.717, 1.165) is 37.1 Å². The number of benzene rings is 1. The third-order valence-electron chi connectivity index (χ3n) is 3.77. The summed E-state index contributed by atoms with van der Waals surface area (Å²) in [5.41, 5.74) is 1.36. The number of hydrogen-bond donors (Lipinski definition) is 1. The third-order valence-corrected chi connectivity index (χ3v) is 3.77. The highest BCUT2D eigenvalue weighted by Gasteiger charge is 2.32. The predicted octanol–water partition coefficient (Wildman–Crippen LogP) is 2.24. The number of para-hydroxylation sites is 1. The first-order valence-corrected chi connectivity index (χ1v) is 6.28. The molecule has 1 saturated carbocycles. The molecule has 1 aromatic carbocycles. The van der Waals surface area contributed by atoms with Crippen LogP contribution in [-0.2, 0) is 6.42 Å². The maximum absolute atomic E-state index is 5.87. The lowest BCUT2D eigenvalue weighted by atomic mass is 10.1. The summed E-state index contributed by atoms with van der Waals surface area (Å²) in [5, 5.41) is 3.53. The summed E-state index contributed by atoms with van der Waals surface area (Å²) in [6.07, 6.45) is 2.80. The van der Waals surface area contributed by atoms with E-state index in [-0.39, 0.29) is 0 Å². The smallest absolute Gasteiger partial charge is 0.123 e. The van der Waals surface area contributed by atoms with Crippen LogP contribution in [-0.4, -0.2) is 19.2 Å². The molecule has 3 rings (SSSR count). The molecule has 0 spiro atoms. The largest absolute Gasteiger partial charge is 0.488 e. The van der Waals surface area contributed by atoms with Gasteiger partial charge in [-0.05, 0) is 36.4 Å². The first-order valence-electron chi connectivity index (χ1n) is 6.28. The molecular formula is C14H19NO. The monoisotopic (exact) mass is 217 g/mol. The van der Waals surface area contributed by atoms with Crippen LogP contribution in [0.2, 0.25) is 0 Å². The fourth-order valence-electron chi connectivity index (χ4n) is 2.48. The average molecular weight is 217 g/mol. The normalized spacial score (nSPS) is 30.9. The fraction of sp³-hybridized carbons (Fsp3) is 0.571. The second-order valence-electron chi connectivity index (χ2n) is 5.18. The Balaban J connectivity index is 1.45. The number of hydrogen-bond acceptors (Lipinski definition) is 2. The number of ether oxygens (including phenoxy) is 1. The van der Waals surface area contributed by atoms with Crippen LogP contribution in [0.25, 0.3) is 0 Å². The Bertz CT molecular complexity index is 352. The van der Waals surface area contributed by atoms with Crippen molar-refractivity contribution in [3.05, 3.63) is 29.8 Å². The van der Waals surface area contributed by atoms with Gasteiger partial charge in [0.15, 0.2) is 0 Å². The molecule has 1 heterocycles. The van der Waals surface area contributed by atoms with Crippen molar-refractivity contribution >= 4 is 0 Å². The molecule has 0 radical (unpaired) electrons. The minimum atomic E-state index is 0.339. The summed E-state index contributed by atoms with van der Waals surface area (Å²) < 4.78 is 5.87. The molecule has 1 aliphatic heterocycles. The van der Waals surface area contributed by atoms with Gasteiger partial charge in [-0.3, -0.25) is 0 Å². The van der Waals surface area contributed by atoms with Gasteiger partial charge in [0.1, 0.15) is 11.9 Å². The molecule has 1 fully saturated rings. The van der Waals surface area contributed by atoms with Gasteiger partial charge in [-0.25, -0.2) is 0 Å². The van der Waals surface area contributed by atoms with Gasteiger partial charge in [-0.1, -0.05) is 25.1 Å². The summed E-state index contributed by atoms with van der Waals surface area (Å²) >= 11 is 0. The van der Waals surface area contributed by atoms with Crippen LogP contribution in [0.3, 0.4) is 0 Å². The highest BCUT2D eigenvalue weighted by atomic mass is 16.5. The molecular weight excluding hydrogens is 198 g/mol. The zero-order chi connectivity index (χ0) is 11.0. The van der Waals surface area contributed by atoms with Crippen molar-refractivity contribution in [3.8, 4) is 5.75 Å². The molecule has 16 heavy (non-hydrogen) atoms. The molecule has 1 aliphatic carbocycles. The zero-order valence-electron chi connectivity index (χ0n) is 9.78. The van der Waals surface area contributed by atoms with E-state index in [1.807, 2.05) is 6.07 Å². The van der Waals surface area contributed by atoms with Crippen molar-refractivity contribution < 1.29 is 4.74 Å². The van der Waals surface area contributed by atoms with Gasteiger partial charge in [0.2, 0.25) is 0 Å². The molecule has 1 aromatic rings. The Hall–Kier alpha value is -1.02. The van der Waals surface area contributed by atoms with Crippen LogP contribution < -0.4 is 10.1 Å². The zero-order valence-corrected chi connectivity index (χ0v) is 9.78. The third kappa shape index (κ3) is 2.07. The number of nitrogens with one attached hydrogen (secondary N) is 1. The van der Waals surface area contributed by atoms with E-state index in [1.54, 1.807) is 0 Å². The maximum atomic E-state index is 5.87. The highest BCUT2D eigenvalue weighted by molar-refractivity contribution is 5.37. The van der Waals surface area contributed by atoms with Gasteiger partial charge in [-0.2, -0.15) is 0 Å². The Morgan fingerprint density at radius 2 is 2.12 bits per heavy atom. The molecule has 86 valence electrons. The van der Waals surface area contributed by atoms with Crippen LogP contribution in [0.5, 0.6) is 5.75 Å². The molecule has 0 bridgehead atoms. The second-order valence-corrected chi connectivity index (χ2v) is 5.18. The van der Waals surface area contributed by atoms with Gasteiger partial charge in [0.05, 0.1) is 0 Å². The van der Waals surface area contributed by atoms with Gasteiger partial charge < -0.3 is 10.1 Å². The van der Waals surface area contributed by atoms with Crippen molar-refractivity contribution in [3.63, 3.8) is 0 Å². The van der Waals surface area contributed by atoms with Gasteiger partial charge in [0.25, 0.3) is 0 Å². The number of rotatable bonds is 4. The topological polar surface area (TPSA) is 21.3 Å². The summed E-state index contributed by atoms with van der Waals surface area (Å²) in [7, 11) is 0. The van der Waals surface area contributed by atoms with Gasteiger partial charge >= 0.3 is 0 Å². The molecule has 2 nitrogen and oxygen atoms in total. The second kappa shape index (κ2) is 4.10. The van der Waals surface area contributed by atoms with Crippen LogP contribution in [0.1, 0.15) is 18.9 Å². The van der Waals surface area contributed by atoms with E-state index in [0.29, 0.717) is 6.10 Å². The van der Waals surface area contributed by atoms with Gasteiger partial charge in [-0.15, -0.1) is 0 Å².